The lowest BCUT2D eigenvalue weighted by Crippen LogP contribution is -2.36. The molecule has 0 aliphatic carbocycles. The van der Waals surface area contributed by atoms with Gasteiger partial charge in [0.25, 0.3) is 0 Å². The molecule has 0 spiro atoms. The first-order valence-electron chi connectivity index (χ1n) is 14.9. The van der Waals surface area contributed by atoms with Gasteiger partial charge in [-0.1, -0.05) is 6.07 Å². The Morgan fingerprint density at radius 3 is 2.52 bits per heavy atom. The zero-order valence-electron chi connectivity index (χ0n) is 27.0. The molecule has 2 amide bonds. The van der Waals surface area contributed by atoms with Gasteiger partial charge in [0.2, 0.25) is 0 Å². The van der Waals surface area contributed by atoms with E-state index in [1.165, 1.54) is 4.90 Å². The number of aromatic nitrogens is 4. The van der Waals surface area contributed by atoms with Gasteiger partial charge in [-0.25, -0.2) is 19.6 Å². The van der Waals surface area contributed by atoms with Crippen molar-refractivity contribution in [2.45, 2.75) is 90.8 Å². The number of alkyl carbamates (subject to hydrolysis) is 1. The topological polar surface area (TPSA) is 156 Å². The molecule has 1 aliphatic rings. The second-order valence-corrected chi connectivity index (χ2v) is 12.9. The monoisotopic (exact) mass is 611 g/mol. The van der Waals surface area contributed by atoms with Crippen LogP contribution in [0.15, 0.2) is 24.5 Å². The molecule has 0 radical (unpaired) electrons. The summed E-state index contributed by atoms with van der Waals surface area (Å²) in [7, 11) is 3.40. The average molecular weight is 612 g/mol. The third kappa shape index (κ3) is 8.35. The third-order valence-corrected chi connectivity index (χ3v) is 6.78. The summed E-state index contributed by atoms with van der Waals surface area (Å²) < 4.78 is 24.6. The lowest BCUT2D eigenvalue weighted by Gasteiger charge is -2.26. The van der Waals surface area contributed by atoms with E-state index in [0.717, 1.165) is 19.3 Å². The molecule has 4 rings (SSSR count). The molecule has 4 heterocycles. The van der Waals surface area contributed by atoms with Gasteiger partial charge in [0, 0.05) is 20.7 Å². The molecule has 240 valence electrons. The number of carbonyl (C=O) groups excluding carboxylic acids is 2. The molecule has 13 nitrogen and oxygen atoms in total. The highest BCUT2D eigenvalue weighted by Gasteiger charge is 2.28. The van der Waals surface area contributed by atoms with Gasteiger partial charge in [0.05, 0.1) is 41.4 Å². The number of hydrogen-bond acceptors (Lipinski definition) is 10. The van der Waals surface area contributed by atoms with Crippen LogP contribution >= 0.6 is 0 Å². The number of nitrogens with two attached hydrogens (primary N) is 1. The molecule has 1 saturated heterocycles. The highest BCUT2D eigenvalue weighted by atomic mass is 16.7. The van der Waals surface area contributed by atoms with Crippen molar-refractivity contribution in [3.8, 4) is 11.3 Å². The summed E-state index contributed by atoms with van der Waals surface area (Å²) in [5.74, 6) is 0.421. The van der Waals surface area contributed by atoms with Crippen LogP contribution < -0.4 is 16.0 Å². The fourth-order valence-corrected chi connectivity index (χ4v) is 4.82. The molecule has 44 heavy (non-hydrogen) atoms. The summed E-state index contributed by atoms with van der Waals surface area (Å²) in [6.07, 6.45) is 3.58. The molecule has 0 bridgehead atoms. The van der Waals surface area contributed by atoms with Gasteiger partial charge >= 0.3 is 12.2 Å². The Morgan fingerprint density at radius 1 is 1.14 bits per heavy atom. The van der Waals surface area contributed by atoms with E-state index in [-0.39, 0.29) is 17.9 Å². The molecule has 3 N–H and O–H groups in total. The van der Waals surface area contributed by atoms with Gasteiger partial charge in [0.1, 0.15) is 22.5 Å². The van der Waals surface area contributed by atoms with Gasteiger partial charge in [-0.3, -0.25) is 9.88 Å². The number of amides is 2. The highest BCUT2D eigenvalue weighted by Crippen LogP contribution is 2.36. The maximum Gasteiger partial charge on any atom is 0.415 e. The molecule has 3 aromatic rings. The predicted octanol–water partition coefficient (Wildman–Crippen LogP) is 5.48. The summed E-state index contributed by atoms with van der Waals surface area (Å²) in [6.45, 7) is 11.8. The Bertz CT molecular complexity index is 1470. The zero-order valence-corrected chi connectivity index (χ0v) is 27.0. The number of hydrogen-bond donors (Lipinski definition) is 2. The molecule has 1 unspecified atom stereocenters. The first kappa shape index (κ1) is 32.9. The quantitative estimate of drug-likeness (QED) is 0.334. The Labute approximate surface area is 258 Å². The highest BCUT2D eigenvalue weighted by molar-refractivity contribution is 6.05. The van der Waals surface area contributed by atoms with Gasteiger partial charge in [0.15, 0.2) is 12.1 Å². The predicted molar refractivity (Wildman–Crippen MR) is 167 cm³/mol. The number of anilines is 2. The van der Waals surface area contributed by atoms with Crippen LogP contribution in [0.1, 0.15) is 79.0 Å². The van der Waals surface area contributed by atoms with Crippen LogP contribution in [0.4, 0.5) is 21.2 Å². The van der Waals surface area contributed by atoms with Crippen LogP contribution in [0.5, 0.6) is 0 Å². The number of nitrogen functional groups attached to an aromatic ring is 1. The van der Waals surface area contributed by atoms with E-state index >= 15 is 0 Å². The minimum Gasteiger partial charge on any atom is -0.444 e. The molecule has 1 aliphatic heterocycles. The van der Waals surface area contributed by atoms with Gasteiger partial charge in [-0.2, -0.15) is 0 Å². The van der Waals surface area contributed by atoms with Crippen molar-refractivity contribution >= 4 is 34.9 Å². The van der Waals surface area contributed by atoms with Crippen molar-refractivity contribution in [1.82, 2.24) is 24.8 Å². The van der Waals surface area contributed by atoms with Crippen LogP contribution in [-0.2, 0) is 26.0 Å². The lowest BCUT2D eigenvalue weighted by molar-refractivity contribution is -0.163. The Morgan fingerprint density at radius 2 is 1.86 bits per heavy atom. The van der Waals surface area contributed by atoms with Crippen LogP contribution in [0.25, 0.3) is 22.3 Å². The summed E-state index contributed by atoms with van der Waals surface area (Å²) in [6, 6.07) is 4.96. The Kier molecular flexibility index (Phi) is 9.99. The smallest absolute Gasteiger partial charge is 0.415 e. The van der Waals surface area contributed by atoms with E-state index < -0.39 is 29.4 Å². The number of rotatable bonds is 8. The van der Waals surface area contributed by atoms with Gasteiger partial charge < -0.3 is 34.6 Å². The molecule has 0 aromatic carbocycles. The second-order valence-electron chi connectivity index (χ2n) is 12.9. The minimum atomic E-state index is -0.692. The number of carbonyl (C=O) groups is 2. The zero-order chi connectivity index (χ0) is 32.2. The molecular formula is C31H45N7O6. The maximum absolute atomic E-state index is 12.9. The van der Waals surface area contributed by atoms with Crippen LogP contribution in [0, 0.1) is 0 Å². The van der Waals surface area contributed by atoms with Gasteiger partial charge in [-0.05, 0) is 79.4 Å². The second kappa shape index (κ2) is 13.3. The van der Waals surface area contributed by atoms with Gasteiger partial charge in [-0.15, -0.1) is 0 Å². The number of fused-ring (bicyclic) bond motifs is 1. The standard InChI is InChI=1S/C31H45N7O6/c1-30(2,3)43-28(39)35-20(15-17-42-22-14-9-10-16-41-22)19-12-11-13-21(34-19)23-25-24(33-18-37(25)7)27(36-26(23)32)38(8)29(40)44-31(4,5)6/h11-13,18,20,22H,9-10,14-17H2,1-8H3,(H2,32,36)(H,35,39)/t20-,22?/m0/s1. The maximum atomic E-state index is 12.9. The molecule has 1 fully saturated rings. The first-order chi connectivity index (χ1) is 20.6. The Hall–Kier alpha value is -3.97. The van der Waals surface area contributed by atoms with Crippen LogP contribution in [0.3, 0.4) is 0 Å². The SMILES string of the molecule is CN(C(=O)OC(C)(C)C)c1nc(N)c(-c2cccc([C@H](CCOC3CCCCO3)NC(=O)OC(C)(C)C)n2)c2c1ncn2C. The summed E-state index contributed by atoms with van der Waals surface area (Å²) >= 11 is 0. The van der Waals surface area contributed by atoms with Crippen molar-refractivity contribution in [3.63, 3.8) is 0 Å². The van der Waals surface area contributed by atoms with Crippen molar-refractivity contribution in [2.24, 2.45) is 7.05 Å². The summed E-state index contributed by atoms with van der Waals surface area (Å²) in [5.41, 5.74) is 7.96. The fourth-order valence-electron chi connectivity index (χ4n) is 4.82. The first-order valence-corrected chi connectivity index (χ1v) is 14.9. The van der Waals surface area contributed by atoms with E-state index in [0.29, 0.717) is 47.6 Å². The molecule has 13 heteroatoms. The van der Waals surface area contributed by atoms with Crippen molar-refractivity contribution in [1.29, 1.82) is 0 Å². The van der Waals surface area contributed by atoms with E-state index in [1.807, 2.05) is 46.0 Å². The van der Waals surface area contributed by atoms with E-state index in [1.54, 1.807) is 38.7 Å². The number of imidazole rings is 1. The minimum absolute atomic E-state index is 0.158. The Balaban J connectivity index is 1.68. The van der Waals surface area contributed by atoms with E-state index in [4.69, 9.17) is 29.7 Å². The molecule has 0 saturated carbocycles. The molecule has 3 aromatic heterocycles. The van der Waals surface area contributed by atoms with Crippen LogP contribution in [0.2, 0.25) is 0 Å². The average Bonchev–Trinajstić information content (AvgIpc) is 3.31. The number of ether oxygens (including phenoxy) is 4. The largest absolute Gasteiger partial charge is 0.444 e. The van der Waals surface area contributed by atoms with E-state index in [2.05, 4.69) is 15.3 Å². The number of nitrogens with zero attached hydrogens (tertiary/aromatic N) is 5. The lowest BCUT2D eigenvalue weighted by atomic mass is 10.1. The molecular weight excluding hydrogens is 566 g/mol. The normalized spacial score (nSPS) is 16.4. The molecule has 2 atom stereocenters. The number of aryl methyl sites for hydroxylation is 1. The third-order valence-electron chi connectivity index (χ3n) is 6.78. The summed E-state index contributed by atoms with van der Waals surface area (Å²) in [5, 5.41) is 2.95. The van der Waals surface area contributed by atoms with Crippen molar-refractivity contribution in [3.05, 3.63) is 30.2 Å². The van der Waals surface area contributed by atoms with Crippen molar-refractivity contribution in [2.75, 3.05) is 30.9 Å². The van der Waals surface area contributed by atoms with Crippen molar-refractivity contribution < 1.29 is 28.5 Å². The van der Waals surface area contributed by atoms with Crippen LogP contribution in [-0.4, -0.2) is 69.5 Å². The summed E-state index contributed by atoms with van der Waals surface area (Å²) in [4.78, 5) is 41.0. The number of nitrogens with one attached hydrogen (secondary N) is 1. The fraction of sp³-hybridized carbons (Fsp3) is 0.581. The number of pyridine rings is 2. The van der Waals surface area contributed by atoms with E-state index in [9.17, 15) is 9.59 Å².